The van der Waals surface area contributed by atoms with Crippen LogP contribution in [0.4, 0.5) is 5.13 Å². The first-order valence-electron chi connectivity index (χ1n) is 11.5. The fraction of sp³-hybridized carbons (Fsp3) is 0.179. The molecule has 0 spiro atoms. The van der Waals surface area contributed by atoms with Crippen LogP contribution in [0, 0.1) is 6.92 Å². The number of hydrogen-bond acceptors (Lipinski definition) is 7. The average Bonchev–Trinajstić information content (AvgIpc) is 3.42. The zero-order chi connectivity index (χ0) is 25.4. The number of carbonyl (C=O) groups excluding carboxylic acids is 2. The molecule has 1 aliphatic heterocycles. The van der Waals surface area contributed by atoms with Crippen LogP contribution in [0.2, 0.25) is 0 Å². The van der Waals surface area contributed by atoms with Gasteiger partial charge in [0.15, 0.2) is 5.13 Å². The Kier molecular flexibility index (Phi) is 6.20. The fourth-order valence-corrected chi connectivity index (χ4v) is 5.40. The van der Waals surface area contributed by atoms with E-state index < -0.39 is 17.7 Å². The number of Topliss-reactive ketones (excluding diaryl/α,β-unsaturated/α-hetero) is 1. The van der Waals surface area contributed by atoms with Gasteiger partial charge in [0.2, 0.25) is 0 Å². The molecule has 1 fully saturated rings. The summed E-state index contributed by atoms with van der Waals surface area (Å²) < 4.78 is 11.8. The van der Waals surface area contributed by atoms with Crippen molar-refractivity contribution in [2.24, 2.45) is 0 Å². The molecule has 1 atom stereocenters. The SMILES string of the molecule is CCOc1ccc([C@H]2C(=C(O)c3cccc(OC)c3)C(=O)C(=O)N2c2nc3ccc(C)cc3s2)cc1. The molecule has 0 aliphatic carbocycles. The number of methoxy groups -OCH3 is 1. The first-order valence-corrected chi connectivity index (χ1v) is 12.3. The minimum Gasteiger partial charge on any atom is -0.507 e. The number of rotatable bonds is 6. The summed E-state index contributed by atoms with van der Waals surface area (Å²) in [5, 5.41) is 11.7. The molecule has 0 unspecified atom stereocenters. The van der Waals surface area contributed by atoms with Gasteiger partial charge in [-0.15, -0.1) is 0 Å². The highest BCUT2D eigenvalue weighted by Gasteiger charge is 2.48. The molecule has 1 aromatic heterocycles. The number of fused-ring (bicyclic) bond motifs is 1. The molecule has 2 heterocycles. The van der Waals surface area contributed by atoms with Crippen LogP contribution in [0.15, 0.2) is 72.3 Å². The second kappa shape index (κ2) is 9.47. The van der Waals surface area contributed by atoms with Crippen molar-refractivity contribution < 1.29 is 24.2 Å². The Morgan fingerprint density at radius 2 is 1.83 bits per heavy atom. The van der Waals surface area contributed by atoms with Crippen molar-refractivity contribution in [3.05, 3.63) is 89.0 Å². The molecular formula is C28H24N2O5S. The predicted octanol–water partition coefficient (Wildman–Crippen LogP) is 5.64. The average molecular weight is 501 g/mol. The highest BCUT2D eigenvalue weighted by molar-refractivity contribution is 7.22. The van der Waals surface area contributed by atoms with Crippen molar-refractivity contribution in [2.45, 2.75) is 19.9 Å². The summed E-state index contributed by atoms with van der Waals surface area (Å²) in [6, 6.07) is 18.9. The Hall–Kier alpha value is -4.17. The summed E-state index contributed by atoms with van der Waals surface area (Å²) in [4.78, 5) is 32.9. The van der Waals surface area contributed by atoms with E-state index in [0.717, 1.165) is 15.8 Å². The van der Waals surface area contributed by atoms with Crippen LogP contribution in [0.25, 0.3) is 16.0 Å². The molecule has 1 saturated heterocycles. The Labute approximate surface area is 212 Å². The highest BCUT2D eigenvalue weighted by atomic mass is 32.1. The van der Waals surface area contributed by atoms with Crippen molar-refractivity contribution in [2.75, 3.05) is 18.6 Å². The molecule has 1 amide bonds. The van der Waals surface area contributed by atoms with E-state index in [-0.39, 0.29) is 11.3 Å². The van der Waals surface area contributed by atoms with Crippen molar-refractivity contribution in [3.8, 4) is 11.5 Å². The van der Waals surface area contributed by atoms with E-state index in [0.29, 0.717) is 34.4 Å². The minimum absolute atomic E-state index is 0.00662. The number of aryl methyl sites for hydroxylation is 1. The number of aromatic nitrogens is 1. The van der Waals surface area contributed by atoms with Gasteiger partial charge in [-0.05, 0) is 61.4 Å². The Morgan fingerprint density at radius 3 is 2.56 bits per heavy atom. The van der Waals surface area contributed by atoms with Gasteiger partial charge in [0, 0.05) is 5.56 Å². The third kappa shape index (κ3) is 4.09. The van der Waals surface area contributed by atoms with E-state index in [2.05, 4.69) is 4.98 Å². The van der Waals surface area contributed by atoms with E-state index in [9.17, 15) is 14.7 Å². The molecule has 1 aliphatic rings. The van der Waals surface area contributed by atoms with Crippen LogP contribution in [0.3, 0.4) is 0 Å². The molecule has 182 valence electrons. The van der Waals surface area contributed by atoms with Crippen LogP contribution in [0.5, 0.6) is 11.5 Å². The maximum absolute atomic E-state index is 13.4. The van der Waals surface area contributed by atoms with E-state index in [1.54, 1.807) is 48.5 Å². The number of aliphatic hydroxyl groups excluding tert-OH is 1. The lowest BCUT2D eigenvalue weighted by atomic mass is 9.95. The number of thiazole rings is 1. The van der Waals surface area contributed by atoms with E-state index in [1.165, 1.54) is 23.3 Å². The lowest BCUT2D eigenvalue weighted by Crippen LogP contribution is -2.29. The summed E-state index contributed by atoms with van der Waals surface area (Å²) in [5.74, 6) is -0.599. The molecule has 4 aromatic rings. The number of carbonyl (C=O) groups is 2. The molecule has 0 bridgehead atoms. The number of ketones is 1. The second-order valence-corrected chi connectivity index (χ2v) is 9.38. The molecular weight excluding hydrogens is 476 g/mol. The summed E-state index contributed by atoms with van der Waals surface area (Å²) >= 11 is 1.33. The van der Waals surface area contributed by atoms with E-state index >= 15 is 0 Å². The lowest BCUT2D eigenvalue weighted by molar-refractivity contribution is -0.132. The Bertz CT molecular complexity index is 1510. The molecule has 36 heavy (non-hydrogen) atoms. The number of amides is 1. The molecule has 7 nitrogen and oxygen atoms in total. The quantitative estimate of drug-likeness (QED) is 0.209. The van der Waals surface area contributed by atoms with Crippen LogP contribution in [0.1, 0.15) is 29.7 Å². The van der Waals surface area contributed by atoms with Crippen LogP contribution >= 0.6 is 11.3 Å². The summed E-state index contributed by atoms with van der Waals surface area (Å²) in [6.07, 6.45) is 0. The minimum atomic E-state index is -0.867. The zero-order valence-corrected chi connectivity index (χ0v) is 20.8. The Morgan fingerprint density at radius 1 is 1.06 bits per heavy atom. The van der Waals surface area contributed by atoms with Gasteiger partial charge < -0.3 is 14.6 Å². The molecule has 0 saturated carbocycles. The first-order chi connectivity index (χ1) is 17.4. The maximum Gasteiger partial charge on any atom is 0.301 e. The zero-order valence-electron chi connectivity index (χ0n) is 20.0. The number of benzene rings is 3. The topological polar surface area (TPSA) is 89.0 Å². The normalized spacial score (nSPS) is 17.1. The van der Waals surface area contributed by atoms with Crippen molar-refractivity contribution in [1.29, 1.82) is 0 Å². The van der Waals surface area contributed by atoms with Gasteiger partial charge in [-0.25, -0.2) is 4.98 Å². The predicted molar refractivity (Wildman–Crippen MR) is 140 cm³/mol. The third-order valence-electron chi connectivity index (χ3n) is 6.03. The van der Waals surface area contributed by atoms with Crippen molar-refractivity contribution in [3.63, 3.8) is 0 Å². The maximum atomic E-state index is 13.4. The third-order valence-corrected chi connectivity index (χ3v) is 7.05. The molecule has 5 rings (SSSR count). The fourth-order valence-electron chi connectivity index (χ4n) is 4.31. The van der Waals surface area contributed by atoms with Gasteiger partial charge in [-0.2, -0.15) is 0 Å². The number of nitrogens with zero attached hydrogens (tertiary/aromatic N) is 2. The Balaban J connectivity index is 1.70. The number of hydrogen-bond donors (Lipinski definition) is 1. The van der Waals surface area contributed by atoms with Gasteiger partial charge in [-0.1, -0.05) is 41.7 Å². The van der Waals surface area contributed by atoms with Crippen LogP contribution < -0.4 is 14.4 Å². The molecule has 0 radical (unpaired) electrons. The lowest BCUT2D eigenvalue weighted by Gasteiger charge is -2.23. The van der Waals surface area contributed by atoms with E-state index in [1.807, 2.05) is 32.0 Å². The van der Waals surface area contributed by atoms with Crippen LogP contribution in [-0.4, -0.2) is 35.5 Å². The van der Waals surface area contributed by atoms with Gasteiger partial charge >= 0.3 is 5.91 Å². The smallest absolute Gasteiger partial charge is 0.301 e. The van der Waals surface area contributed by atoms with Crippen molar-refractivity contribution >= 4 is 44.1 Å². The van der Waals surface area contributed by atoms with Gasteiger partial charge in [0.05, 0.1) is 35.5 Å². The molecule has 8 heteroatoms. The van der Waals surface area contributed by atoms with Gasteiger partial charge in [0.1, 0.15) is 17.3 Å². The second-order valence-electron chi connectivity index (χ2n) is 8.37. The molecule has 3 aromatic carbocycles. The highest BCUT2D eigenvalue weighted by Crippen LogP contribution is 2.44. The number of aliphatic hydroxyl groups is 1. The number of ether oxygens (including phenoxy) is 2. The summed E-state index contributed by atoms with van der Waals surface area (Å²) in [6.45, 7) is 4.39. The van der Waals surface area contributed by atoms with Crippen molar-refractivity contribution in [1.82, 2.24) is 4.98 Å². The van der Waals surface area contributed by atoms with Crippen LogP contribution in [-0.2, 0) is 9.59 Å². The summed E-state index contributed by atoms with van der Waals surface area (Å²) in [7, 11) is 1.52. The molecule has 1 N–H and O–H groups in total. The van der Waals surface area contributed by atoms with Gasteiger partial charge in [0.25, 0.3) is 5.78 Å². The summed E-state index contributed by atoms with van der Waals surface area (Å²) in [5.41, 5.74) is 2.83. The van der Waals surface area contributed by atoms with E-state index in [4.69, 9.17) is 9.47 Å². The van der Waals surface area contributed by atoms with Gasteiger partial charge in [-0.3, -0.25) is 14.5 Å². The first kappa shape index (κ1) is 23.6. The largest absolute Gasteiger partial charge is 0.507 e. The monoisotopic (exact) mass is 500 g/mol. The number of anilines is 1. The standard InChI is InChI=1S/C28H24N2O5S/c1-4-35-19-11-9-17(10-12-19)24-23(25(31)18-6-5-7-20(15-18)34-3)26(32)27(33)30(24)28-29-21-13-8-16(2)14-22(21)36-28/h5-15,24,31H,4H2,1-3H3/t24-/m0/s1.